The molecule has 0 heterocycles. The van der Waals surface area contributed by atoms with Crippen molar-refractivity contribution < 1.29 is 19.1 Å². The molecule has 0 N–H and O–H groups in total. The zero-order chi connectivity index (χ0) is 16.7. The van der Waals surface area contributed by atoms with Crippen molar-refractivity contribution in [1.29, 1.82) is 0 Å². The molecule has 23 heavy (non-hydrogen) atoms. The summed E-state index contributed by atoms with van der Waals surface area (Å²) in [5, 5.41) is 0. The first-order valence-electron chi connectivity index (χ1n) is 7.45. The van der Waals surface area contributed by atoms with Gasteiger partial charge in [0.2, 0.25) is 5.78 Å². The van der Waals surface area contributed by atoms with Crippen LogP contribution in [0.5, 0.6) is 0 Å². The molecule has 0 aliphatic carbocycles. The van der Waals surface area contributed by atoms with E-state index in [4.69, 9.17) is 4.74 Å². The van der Waals surface area contributed by atoms with Crippen LogP contribution in [0.3, 0.4) is 0 Å². The molecule has 0 fully saturated rings. The van der Waals surface area contributed by atoms with Crippen LogP contribution in [0.25, 0.3) is 0 Å². The van der Waals surface area contributed by atoms with E-state index in [0.717, 1.165) is 0 Å². The molecular formula is C19H18O4. The Morgan fingerprint density at radius 2 is 1.35 bits per heavy atom. The minimum atomic E-state index is -0.864. The fraction of sp³-hybridized carbons (Fsp3) is 0.211. The molecule has 4 heteroatoms. The van der Waals surface area contributed by atoms with Gasteiger partial charge in [0, 0.05) is 17.5 Å². The van der Waals surface area contributed by atoms with Crippen LogP contribution in [0.1, 0.15) is 40.5 Å². The van der Waals surface area contributed by atoms with Gasteiger partial charge in [0.25, 0.3) is 0 Å². The van der Waals surface area contributed by atoms with Gasteiger partial charge in [-0.1, -0.05) is 60.7 Å². The third-order valence-electron chi connectivity index (χ3n) is 3.39. The summed E-state index contributed by atoms with van der Waals surface area (Å²) in [7, 11) is 0. The molecule has 118 valence electrons. The molecule has 2 aromatic carbocycles. The van der Waals surface area contributed by atoms with E-state index < -0.39 is 12.1 Å². The lowest BCUT2D eigenvalue weighted by Gasteiger charge is -2.12. The van der Waals surface area contributed by atoms with Gasteiger partial charge in [0.15, 0.2) is 11.9 Å². The number of ketones is 2. The first-order chi connectivity index (χ1) is 11.1. The first kappa shape index (κ1) is 16.6. The van der Waals surface area contributed by atoms with Crippen LogP contribution >= 0.6 is 0 Å². The zero-order valence-corrected chi connectivity index (χ0v) is 12.9. The number of rotatable bonds is 7. The Kier molecular flexibility index (Phi) is 5.80. The maximum atomic E-state index is 12.1. The van der Waals surface area contributed by atoms with E-state index in [2.05, 4.69) is 0 Å². The minimum absolute atomic E-state index is 0.0415. The SMILES string of the molecule is CC(OC(=O)CCC(=O)c1ccccc1)C(=O)c1ccccc1. The molecule has 0 amide bonds. The van der Waals surface area contributed by atoms with E-state index in [0.29, 0.717) is 11.1 Å². The second-order valence-corrected chi connectivity index (χ2v) is 5.15. The van der Waals surface area contributed by atoms with Gasteiger partial charge < -0.3 is 4.74 Å². The maximum absolute atomic E-state index is 12.1. The average molecular weight is 310 g/mol. The second-order valence-electron chi connectivity index (χ2n) is 5.15. The van der Waals surface area contributed by atoms with Gasteiger partial charge >= 0.3 is 5.97 Å². The monoisotopic (exact) mass is 310 g/mol. The highest BCUT2D eigenvalue weighted by molar-refractivity contribution is 6.00. The molecule has 0 spiro atoms. The summed E-state index contributed by atoms with van der Waals surface area (Å²) < 4.78 is 5.11. The maximum Gasteiger partial charge on any atom is 0.306 e. The summed E-state index contributed by atoms with van der Waals surface area (Å²) in [6, 6.07) is 17.4. The van der Waals surface area contributed by atoms with Gasteiger partial charge in [-0.3, -0.25) is 14.4 Å². The quantitative estimate of drug-likeness (QED) is 0.580. The molecule has 0 aliphatic heterocycles. The Labute approximate surface area is 135 Å². The normalized spacial score (nSPS) is 11.5. The van der Waals surface area contributed by atoms with Crippen LogP contribution < -0.4 is 0 Å². The van der Waals surface area contributed by atoms with Crippen molar-refractivity contribution in [1.82, 2.24) is 0 Å². The summed E-state index contributed by atoms with van der Waals surface area (Å²) >= 11 is 0. The van der Waals surface area contributed by atoms with Crippen LogP contribution in [0.4, 0.5) is 0 Å². The zero-order valence-electron chi connectivity index (χ0n) is 12.9. The third kappa shape index (κ3) is 4.88. The largest absolute Gasteiger partial charge is 0.454 e. The molecular weight excluding hydrogens is 292 g/mol. The Morgan fingerprint density at radius 1 is 0.826 bits per heavy atom. The minimum Gasteiger partial charge on any atom is -0.454 e. The highest BCUT2D eigenvalue weighted by Crippen LogP contribution is 2.09. The number of hydrogen-bond acceptors (Lipinski definition) is 4. The Bertz CT molecular complexity index is 677. The molecule has 2 aromatic rings. The van der Waals surface area contributed by atoms with Crippen molar-refractivity contribution in [3.05, 3.63) is 71.8 Å². The molecule has 0 saturated heterocycles. The van der Waals surface area contributed by atoms with E-state index in [9.17, 15) is 14.4 Å². The smallest absolute Gasteiger partial charge is 0.306 e. The van der Waals surface area contributed by atoms with E-state index in [1.54, 1.807) is 48.5 Å². The fourth-order valence-electron chi connectivity index (χ4n) is 2.13. The van der Waals surface area contributed by atoms with Gasteiger partial charge in [-0.25, -0.2) is 0 Å². The lowest BCUT2D eigenvalue weighted by molar-refractivity contribution is -0.146. The summed E-state index contributed by atoms with van der Waals surface area (Å²) in [6.07, 6.45) is -0.841. The summed E-state index contributed by atoms with van der Waals surface area (Å²) in [5.74, 6) is -0.927. The predicted octanol–water partition coefficient (Wildman–Crippen LogP) is 3.46. The molecule has 2 rings (SSSR count). The van der Waals surface area contributed by atoms with Crippen molar-refractivity contribution in [3.8, 4) is 0 Å². The Morgan fingerprint density at radius 3 is 1.91 bits per heavy atom. The number of carbonyl (C=O) groups excluding carboxylic acids is 3. The number of hydrogen-bond donors (Lipinski definition) is 0. The molecule has 0 radical (unpaired) electrons. The number of carbonyl (C=O) groups is 3. The average Bonchev–Trinajstić information content (AvgIpc) is 2.60. The van der Waals surface area contributed by atoms with Gasteiger partial charge in [-0.15, -0.1) is 0 Å². The van der Waals surface area contributed by atoms with Crippen molar-refractivity contribution in [2.45, 2.75) is 25.9 Å². The van der Waals surface area contributed by atoms with E-state index in [-0.39, 0.29) is 24.4 Å². The Hall–Kier alpha value is -2.75. The third-order valence-corrected chi connectivity index (χ3v) is 3.39. The molecule has 4 nitrogen and oxygen atoms in total. The lowest BCUT2D eigenvalue weighted by atomic mass is 10.1. The first-order valence-corrected chi connectivity index (χ1v) is 7.45. The summed E-state index contributed by atoms with van der Waals surface area (Å²) in [5.41, 5.74) is 1.06. The van der Waals surface area contributed by atoms with Gasteiger partial charge in [-0.05, 0) is 6.92 Å². The molecule has 0 aromatic heterocycles. The van der Waals surface area contributed by atoms with E-state index in [1.165, 1.54) is 6.92 Å². The summed E-state index contributed by atoms with van der Waals surface area (Å²) in [4.78, 5) is 35.8. The van der Waals surface area contributed by atoms with Crippen molar-refractivity contribution in [3.63, 3.8) is 0 Å². The number of benzene rings is 2. The van der Waals surface area contributed by atoms with Crippen molar-refractivity contribution in [2.75, 3.05) is 0 Å². The van der Waals surface area contributed by atoms with Gasteiger partial charge in [0.05, 0.1) is 6.42 Å². The topological polar surface area (TPSA) is 60.4 Å². The van der Waals surface area contributed by atoms with Crippen LogP contribution in [0.15, 0.2) is 60.7 Å². The Balaban J connectivity index is 1.83. The van der Waals surface area contributed by atoms with Gasteiger partial charge in [-0.2, -0.15) is 0 Å². The summed E-state index contributed by atoms with van der Waals surface area (Å²) in [6.45, 7) is 1.53. The second kappa shape index (κ2) is 8.03. The molecule has 0 bridgehead atoms. The predicted molar refractivity (Wildman–Crippen MR) is 86.3 cm³/mol. The number of Topliss-reactive ketones (excluding diaryl/α,β-unsaturated/α-hetero) is 2. The highest BCUT2D eigenvalue weighted by Gasteiger charge is 2.19. The molecule has 1 unspecified atom stereocenters. The molecule has 0 saturated carbocycles. The van der Waals surface area contributed by atoms with Crippen molar-refractivity contribution in [2.24, 2.45) is 0 Å². The van der Waals surface area contributed by atoms with E-state index in [1.807, 2.05) is 12.1 Å². The fourth-order valence-corrected chi connectivity index (χ4v) is 2.13. The highest BCUT2D eigenvalue weighted by atomic mass is 16.5. The van der Waals surface area contributed by atoms with Crippen LogP contribution in [0, 0.1) is 0 Å². The molecule has 0 aliphatic rings. The van der Waals surface area contributed by atoms with Crippen molar-refractivity contribution >= 4 is 17.5 Å². The van der Waals surface area contributed by atoms with Crippen LogP contribution in [0.2, 0.25) is 0 Å². The van der Waals surface area contributed by atoms with E-state index >= 15 is 0 Å². The molecule has 1 atom stereocenters. The van der Waals surface area contributed by atoms with Crippen LogP contribution in [-0.4, -0.2) is 23.6 Å². The number of ether oxygens (including phenoxy) is 1. The standard InChI is InChI=1S/C19H18O4/c1-14(19(22)16-10-6-3-7-11-16)23-18(21)13-12-17(20)15-8-4-2-5-9-15/h2-11,14H,12-13H2,1H3. The van der Waals surface area contributed by atoms with Gasteiger partial charge in [0.1, 0.15) is 0 Å². The van der Waals surface area contributed by atoms with Crippen LogP contribution in [-0.2, 0) is 9.53 Å². The number of esters is 1. The lowest BCUT2D eigenvalue weighted by Crippen LogP contribution is -2.24.